The number of likely N-dealkylation sites (tertiary alicyclic amines) is 2. The Morgan fingerprint density at radius 3 is 2.46 bits per heavy atom. The Labute approximate surface area is 167 Å². The van der Waals surface area contributed by atoms with Gasteiger partial charge in [0.1, 0.15) is 0 Å². The highest BCUT2D eigenvalue weighted by atomic mass is 16.5. The topological polar surface area (TPSA) is 53.1 Å². The molecular formula is C22H31N3O3. The number of carbonyl (C=O) groups excluding carboxylic acids is 2. The highest BCUT2D eigenvalue weighted by Crippen LogP contribution is 2.39. The predicted octanol–water partition coefficient (Wildman–Crippen LogP) is 2.65. The van der Waals surface area contributed by atoms with Crippen LogP contribution in [0.4, 0.5) is 0 Å². The van der Waals surface area contributed by atoms with Crippen molar-refractivity contribution < 1.29 is 14.3 Å². The monoisotopic (exact) mass is 385 g/mol. The summed E-state index contributed by atoms with van der Waals surface area (Å²) in [4.78, 5) is 32.1. The van der Waals surface area contributed by atoms with Crippen molar-refractivity contribution in [2.24, 2.45) is 0 Å². The molecule has 28 heavy (non-hydrogen) atoms. The summed E-state index contributed by atoms with van der Waals surface area (Å²) in [6.07, 6.45) is 3.38. The summed E-state index contributed by atoms with van der Waals surface area (Å²) in [5, 5.41) is 0. The molecule has 0 N–H and O–H groups in total. The first-order valence-corrected chi connectivity index (χ1v) is 10.5. The lowest BCUT2D eigenvalue weighted by Gasteiger charge is -2.40. The SMILES string of the molecule is CC(C)OC1c2ccccc2C(=O)N1C1CCN(C(=O)C2CCCN2C)CC1. The zero-order valence-corrected chi connectivity index (χ0v) is 17.1. The third-order valence-electron chi connectivity index (χ3n) is 6.32. The smallest absolute Gasteiger partial charge is 0.256 e. The highest BCUT2D eigenvalue weighted by Gasteiger charge is 2.43. The molecular weight excluding hydrogens is 354 g/mol. The number of fused-ring (bicyclic) bond motifs is 1. The molecule has 4 rings (SSSR count). The molecule has 6 heteroatoms. The average molecular weight is 386 g/mol. The molecule has 1 aromatic rings. The lowest BCUT2D eigenvalue weighted by Crippen LogP contribution is -2.52. The fourth-order valence-corrected chi connectivity index (χ4v) is 4.85. The Morgan fingerprint density at radius 2 is 1.82 bits per heavy atom. The van der Waals surface area contributed by atoms with Crippen LogP contribution in [0.1, 0.15) is 61.7 Å². The molecule has 0 aromatic heterocycles. The second-order valence-electron chi connectivity index (χ2n) is 8.53. The second kappa shape index (κ2) is 7.84. The molecule has 152 valence electrons. The van der Waals surface area contributed by atoms with Crippen molar-refractivity contribution >= 4 is 11.8 Å². The van der Waals surface area contributed by atoms with E-state index in [1.54, 1.807) is 0 Å². The van der Waals surface area contributed by atoms with Crippen LogP contribution in [0.15, 0.2) is 24.3 Å². The highest BCUT2D eigenvalue weighted by molar-refractivity contribution is 5.99. The molecule has 3 aliphatic heterocycles. The Bertz CT molecular complexity index is 742. The van der Waals surface area contributed by atoms with Crippen molar-refractivity contribution in [1.82, 2.24) is 14.7 Å². The minimum absolute atomic E-state index is 0.0334. The molecule has 2 fully saturated rings. The maximum atomic E-state index is 13.1. The van der Waals surface area contributed by atoms with Gasteiger partial charge in [0.05, 0.1) is 12.1 Å². The standard InChI is InChI=1S/C22H31N3O3/c1-15(2)28-22-18-8-5-4-7-17(18)20(26)25(22)16-10-13-24(14-11-16)21(27)19-9-6-12-23(19)3/h4-5,7-8,15-16,19,22H,6,9-14H2,1-3H3. The van der Waals surface area contributed by atoms with Gasteiger partial charge in [-0.15, -0.1) is 0 Å². The fourth-order valence-electron chi connectivity index (χ4n) is 4.85. The largest absolute Gasteiger partial charge is 0.351 e. The van der Waals surface area contributed by atoms with Crippen LogP contribution >= 0.6 is 0 Å². The van der Waals surface area contributed by atoms with Gasteiger partial charge >= 0.3 is 0 Å². The van der Waals surface area contributed by atoms with Gasteiger partial charge in [0.15, 0.2) is 6.23 Å². The molecule has 2 unspecified atom stereocenters. The summed E-state index contributed by atoms with van der Waals surface area (Å²) in [6.45, 7) is 6.43. The quantitative estimate of drug-likeness (QED) is 0.800. The number of hydrogen-bond donors (Lipinski definition) is 0. The van der Waals surface area contributed by atoms with E-state index in [1.807, 2.05) is 55.0 Å². The third kappa shape index (κ3) is 3.44. The van der Waals surface area contributed by atoms with Crippen LogP contribution in [0, 0.1) is 0 Å². The van der Waals surface area contributed by atoms with E-state index in [-0.39, 0.29) is 36.2 Å². The molecule has 3 heterocycles. The molecule has 0 aliphatic carbocycles. The van der Waals surface area contributed by atoms with Crippen LogP contribution in [0.5, 0.6) is 0 Å². The molecule has 0 saturated carbocycles. The van der Waals surface area contributed by atoms with E-state index in [1.165, 1.54) is 0 Å². The fraction of sp³-hybridized carbons (Fsp3) is 0.636. The third-order valence-corrected chi connectivity index (χ3v) is 6.32. The van der Waals surface area contributed by atoms with Crippen LogP contribution in [-0.4, -0.2) is 71.4 Å². The number of ether oxygens (including phenoxy) is 1. The average Bonchev–Trinajstić information content (AvgIpc) is 3.23. The van der Waals surface area contributed by atoms with Gasteiger partial charge in [-0.05, 0) is 59.2 Å². The Balaban J connectivity index is 1.46. The Hall–Kier alpha value is -1.92. The molecule has 1 aromatic carbocycles. The van der Waals surface area contributed by atoms with Crippen LogP contribution < -0.4 is 0 Å². The number of hydrogen-bond acceptors (Lipinski definition) is 4. The summed E-state index contributed by atoms with van der Waals surface area (Å²) in [5.41, 5.74) is 1.71. The maximum Gasteiger partial charge on any atom is 0.256 e. The van der Waals surface area contributed by atoms with E-state index in [9.17, 15) is 9.59 Å². The molecule has 0 bridgehead atoms. The molecule has 2 atom stereocenters. The van der Waals surface area contributed by atoms with Gasteiger partial charge in [-0.25, -0.2) is 0 Å². The summed E-state index contributed by atoms with van der Waals surface area (Å²) in [7, 11) is 2.04. The van der Waals surface area contributed by atoms with Crippen LogP contribution in [0.2, 0.25) is 0 Å². The number of rotatable bonds is 4. The van der Waals surface area contributed by atoms with Crippen molar-refractivity contribution in [3.05, 3.63) is 35.4 Å². The first-order chi connectivity index (χ1) is 13.5. The van der Waals surface area contributed by atoms with Crippen molar-refractivity contribution in [3.63, 3.8) is 0 Å². The summed E-state index contributed by atoms with van der Waals surface area (Å²) in [5.74, 6) is 0.311. The first-order valence-electron chi connectivity index (χ1n) is 10.5. The predicted molar refractivity (Wildman–Crippen MR) is 107 cm³/mol. The molecule has 0 spiro atoms. The molecule has 3 aliphatic rings. The van der Waals surface area contributed by atoms with Crippen LogP contribution in [0.3, 0.4) is 0 Å². The van der Waals surface area contributed by atoms with Crippen LogP contribution in [0.25, 0.3) is 0 Å². The lowest BCUT2D eigenvalue weighted by molar-refractivity contribution is -0.138. The molecule has 2 saturated heterocycles. The number of amides is 2. The zero-order valence-electron chi connectivity index (χ0n) is 17.1. The minimum atomic E-state index is -0.322. The number of likely N-dealkylation sites (N-methyl/N-ethyl adjacent to an activating group) is 1. The maximum absolute atomic E-state index is 13.1. The molecule has 0 radical (unpaired) electrons. The summed E-state index contributed by atoms with van der Waals surface area (Å²) in [6, 6.07) is 7.90. The van der Waals surface area contributed by atoms with E-state index in [4.69, 9.17) is 4.74 Å². The van der Waals surface area contributed by atoms with E-state index >= 15 is 0 Å². The van der Waals surface area contributed by atoms with Gasteiger partial charge < -0.3 is 14.5 Å². The van der Waals surface area contributed by atoms with E-state index in [0.29, 0.717) is 13.1 Å². The van der Waals surface area contributed by atoms with Crippen molar-refractivity contribution in [3.8, 4) is 0 Å². The first kappa shape index (κ1) is 19.4. The Kier molecular flexibility index (Phi) is 5.43. The van der Waals surface area contributed by atoms with Crippen molar-refractivity contribution in [2.75, 3.05) is 26.7 Å². The van der Waals surface area contributed by atoms with Crippen LogP contribution in [-0.2, 0) is 9.53 Å². The van der Waals surface area contributed by atoms with Crippen molar-refractivity contribution in [1.29, 1.82) is 0 Å². The molecule has 6 nitrogen and oxygen atoms in total. The number of benzene rings is 1. The van der Waals surface area contributed by atoms with Crippen molar-refractivity contribution in [2.45, 2.75) is 63.9 Å². The van der Waals surface area contributed by atoms with E-state index < -0.39 is 0 Å². The lowest BCUT2D eigenvalue weighted by atomic mass is 10.0. The molecule has 2 amide bonds. The zero-order chi connectivity index (χ0) is 19.8. The number of carbonyl (C=O) groups is 2. The van der Waals surface area contributed by atoms with E-state index in [2.05, 4.69) is 4.90 Å². The normalized spacial score (nSPS) is 26.4. The van der Waals surface area contributed by atoms with Gasteiger partial charge in [0, 0.05) is 30.3 Å². The second-order valence-corrected chi connectivity index (χ2v) is 8.53. The minimum Gasteiger partial charge on any atom is -0.351 e. The van der Waals surface area contributed by atoms with Gasteiger partial charge in [0.2, 0.25) is 5.91 Å². The van der Waals surface area contributed by atoms with Gasteiger partial charge in [-0.2, -0.15) is 0 Å². The summed E-state index contributed by atoms with van der Waals surface area (Å²) < 4.78 is 6.16. The van der Waals surface area contributed by atoms with E-state index in [0.717, 1.165) is 43.4 Å². The Morgan fingerprint density at radius 1 is 1.11 bits per heavy atom. The number of nitrogens with zero attached hydrogens (tertiary/aromatic N) is 3. The van der Waals surface area contributed by atoms with Gasteiger partial charge in [-0.1, -0.05) is 18.2 Å². The van der Waals surface area contributed by atoms with Gasteiger partial charge in [-0.3, -0.25) is 14.5 Å². The van der Waals surface area contributed by atoms with Gasteiger partial charge in [0.25, 0.3) is 5.91 Å². The summed E-state index contributed by atoms with van der Waals surface area (Å²) >= 11 is 0. The number of piperidine rings is 1.